The van der Waals surface area contributed by atoms with Crippen molar-refractivity contribution in [2.45, 2.75) is 38.0 Å². The smallest absolute Gasteiger partial charge is 0.350 e. The lowest BCUT2D eigenvalue weighted by molar-refractivity contribution is -0.137. The van der Waals surface area contributed by atoms with E-state index in [0.29, 0.717) is 18.7 Å². The van der Waals surface area contributed by atoms with E-state index in [1.807, 2.05) is 0 Å². The third-order valence-electron chi connectivity index (χ3n) is 6.30. The van der Waals surface area contributed by atoms with Gasteiger partial charge in [0.15, 0.2) is 5.65 Å². The molecule has 0 radical (unpaired) electrons. The quantitative estimate of drug-likeness (QED) is 0.310. The van der Waals surface area contributed by atoms with Crippen LogP contribution in [0.1, 0.15) is 35.3 Å². The maximum absolute atomic E-state index is 13.0. The lowest BCUT2D eigenvalue weighted by Crippen LogP contribution is -2.31. The van der Waals surface area contributed by atoms with Crippen molar-refractivity contribution < 1.29 is 26.4 Å². The Kier molecular flexibility index (Phi) is 8.40. The summed E-state index contributed by atoms with van der Waals surface area (Å²) in [7, 11) is -3.63. The lowest BCUT2D eigenvalue weighted by atomic mass is 10.1. The molecule has 4 aromatic rings. The fourth-order valence-electron chi connectivity index (χ4n) is 4.18. The van der Waals surface area contributed by atoms with Gasteiger partial charge in [-0.3, -0.25) is 14.2 Å². The van der Waals surface area contributed by atoms with Gasteiger partial charge in [0.2, 0.25) is 10.0 Å². The van der Waals surface area contributed by atoms with E-state index < -0.39 is 33.2 Å². The minimum absolute atomic E-state index is 0.0953. The maximum Gasteiger partial charge on any atom is 0.416 e. The Hall–Kier alpha value is -4.04. The van der Waals surface area contributed by atoms with E-state index in [2.05, 4.69) is 15.4 Å². The number of nitrogens with zero attached hydrogens (tertiary/aromatic N) is 5. The van der Waals surface area contributed by atoms with Crippen molar-refractivity contribution in [3.05, 3.63) is 88.1 Å². The largest absolute Gasteiger partial charge is 0.416 e. The van der Waals surface area contributed by atoms with Crippen molar-refractivity contribution in [1.29, 1.82) is 0 Å². The predicted molar refractivity (Wildman–Crippen MR) is 141 cm³/mol. The van der Waals surface area contributed by atoms with Crippen LogP contribution in [-0.4, -0.2) is 57.6 Å². The molecule has 0 saturated carbocycles. The van der Waals surface area contributed by atoms with Crippen molar-refractivity contribution in [1.82, 2.24) is 29.0 Å². The topological polar surface area (TPSA) is 119 Å². The standard InChI is InChI=1S/C26H27F3N6O4S/c1-3-34(4-2)40(38,39)21-10-8-19(9-11-21)24(36)30-12-13-35-23-22(15-32-35)25(37)33(17-31-23)16-18-6-5-7-20(14-18)26(27,28)29/h5-11,14-15,17H,3-4,12-13,16H2,1-2H3,(H,30,36). The minimum Gasteiger partial charge on any atom is -0.350 e. The molecule has 0 bridgehead atoms. The highest BCUT2D eigenvalue weighted by Gasteiger charge is 2.30. The van der Waals surface area contributed by atoms with E-state index >= 15 is 0 Å². The van der Waals surface area contributed by atoms with Gasteiger partial charge in [-0.05, 0) is 42.0 Å². The summed E-state index contributed by atoms with van der Waals surface area (Å²) < 4.78 is 68.2. The molecule has 14 heteroatoms. The Morgan fingerprint density at radius 2 is 1.77 bits per heavy atom. The number of halogens is 3. The second-order valence-electron chi connectivity index (χ2n) is 8.85. The molecule has 0 aliphatic rings. The molecule has 2 heterocycles. The van der Waals surface area contributed by atoms with Gasteiger partial charge in [-0.25, -0.2) is 18.1 Å². The Bertz CT molecular complexity index is 1680. The number of benzene rings is 2. The van der Waals surface area contributed by atoms with Gasteiger partial charge in [0.25, 0.3) is 11.5 Å². The third kappa shape index (κ3) is 6.07. The first-order valence-electron chi connectivity index (χ1n) is 12.4. The first kappa shape index (κ1) is 29.0. The number of carbonyl (C=O) groups is 1. The van der Waals surface area contributed by atoms with Crippen molar-refractivity contribution in [2.75, 3.05) is 19.6 Å². The van der Waals surface area contributed by atoms with Crippen LogP contribution in [0.2, 0.25) is 0 Å². The summed E-state index contributed by atoms with van der Waals surface area (Å²) in [5.74, 6) is -0.417. The number of amides is 1. The van der Waals surface area contributed by atoms with E-state index in [1.165, 1.54) is 62.5 Å². The second-order valence-corrected chi connectivity index (χ2v) is 10.8. The average molecular weight is 577 g/mol. The van der Waals surface area contributed by atoms with Crippen molar-refractivity contribution in [3.63, 3.8) is 0 Å². The number of carbonyl (C=O) groups excluding carboxylic acids is 1. The molecule has 212 valence electrons. The van der Waals surface area contributed by atoms with Gasteiger partial charge in [0, 0.05) is 25.2 Å². The van der Waals surface area contributed by atoms with Crippen LogP contribution in [0.3, 0.4) is 0 Å². The Morgan fingerprint density at radius 1 is 1.07 bits per heavy atom. The van der Waals surface area contributed by atoms with Gasteiger partial charge in [0.05, 0.1) is 29.7 Å². The molecule has 1 amide bonds. The highest BCUT2D eigenvalue weighted by atomic mass is 32.2. The van der Waals surface area contributed by atoms with E-state index in [4.69, 9.17) is 0 Å². The van der Waals surface area contributed by atoms with E-state index in [0.717, 1.165) is 12.1 Å². The molecule has 4 rings (SSSR count). The third-order valence-corrected chi connectivity index (χ3v) is 8.36. The zero-order valence-electron chi connectivity index (χ0n) is 21.7. The first-order chi connectivity index (χ1) is 19.0. The molecule has 2 aromatic heterocycles. The van der Waals surface area contributed by atoms with E-state index in [9.17, 15) is 31.2 Å². The molecule has 0 aliphatic heterocycles. The summed E-state index contributed by atoms with van der Waals surface area (Å²) in [6.07, 6.45) is -1.92. The molecule has 0 fully saturated rings. The van der Waals surface area contributed by atoms with Gasteiger partial charge in [-0.1, -0.05) is 26.0 Å². The van der Waals surface area contributed by atoms with Crippen LogP contribution in [0.5, 0.6) is 0 Å². The fraction of sp³-hybridized carbons (Fsp3) is 0.308. The van der Waals surface area contributed by atoms with Gasteiger partial charge in [-0.15, -0.1) is 0 Å². The highest BCUT2D eigenvalue weighted by Crippen LogP contribution is 2.29. The molecule has 1 N–H and O–H groups in total. The zero-order chi connectivity index (χ0) is 29.1. The Balaban J connectivity index is 1.41. The van der Waals surface area contributed by atoms with Crippen molar-refractivity contribution in [3.8, 4) is 0 Å². The number of fused-ring (bicyclic) bond motifs is 1. The van der Waals surface area contributed by atoms with Crippen LogP contribution in [0.25, 0.3) is 11.0 Å². The summed E-state index contributed by atoms with van der Waals surface area (Å²) in [5, 5.41) is 7.07. The lowest BCUT2D eigenvalue weighted by Gasteiger charge is -2.18. The SMILES string of the molecule is CCN(CC)S(=O)(=O)c1ccc(C(=O)NCCn2ncc3c(=O)n(Cc4cccc(C(F)(F)F)c4)cnc32)cc1. The van der Waals surface area contributed by atoms with Crippen LogP contribution >= 0.6 is 0 Å². The number of aromatic nitrogens is 4. The Morgan fingerprint density at radius 3 is 2.42 bits per heavy atom. The van der Waals surface area contributed by atoms with Gasteiger partial charge in [-0.2, -0.15) is 22.6 Å². The van der Waals surface area contributed by atoms with Crippen LogP contribution in [-0.2, 0) is 29.3 Å². The molecule has 0 aliphatic carbocycles. The molecule has 10 nitrogen and oxygen atoms in total. The molecular weight excluding hydrogens is 549 g/mol. The number of hydrogen-bond acceptors (Lipinski definition) is 6. The molecular formula is C26H27F3N6O4S. The first-order valence-corrected chi connectivity index (χ1v) is 13.8. The highest BCUT2D eigenvalue weighted by molar-refractivity contribution is 7.89. The van der Waals surface area contributed by atoms with Crippen LogP contribution in [0, 0.1) is 0 Å². The fourth-order valence-corrected chi connectivity index (χ4v) is 5.64. The van der Waals surface area contributed by atoms with Crippen LogP contribution < -0.4 is 10.9 Å². The summed E-state index contributed by atoms with van der Waals surface area (Å²) in [6.45, 7) is 4.40. The summed E-state index contributed by atoms with van der Waals surface area (Å²) >= 11 is 0. The minimum atomic E-state index is -4.49. The molecule has 0 atom stereocenters. The zero-order valence-corrected chi connectivity index (χ0v) is 22.5. The molecule has 0 saturated heterocycles. The monoisotopic (exact) mass is 576 g/mol. The number of hydrogen-bond donors (Lipinski definition) is 1. The predicted octanol–water partition coefficient (Wildman–Crippen LogP) is 3.12. The van der Waals surface area contributed by atoms with Crippen LogP contribution in [0.15, 0.2) is 70.7 Å². The molecule has 2 aromatic carbocycles. The van der Waals surface area contributed by atoms with Crippen molar-refractivity contribution >= 4 is 27.0 Å². The van der Waals surface area contributed by atoms with Gasteiger partial charge < -0.3 is 5.32 Å². The van der Waals surface area contributed by atoms with Gasteiger partial charge in [0.1, 0.15) is 11.7 Å². The maximum atomic E-state index is 13.0. The molecule has 40 heavy (non-hydrogen) atoms. The molecule has 0 spiro atoms. The summed E-state index contributed by atoms with van der Waals surface area (Å²) in [4.78, 5) is 29.8. The van der Waals surface area contributed by atoms with Crippen LogP contribution in [0.4, 0.5) is 13.2 Å². The number of alkyl halides is 3. The number of nitrogens with one attached hydrogen (secondary N) is 1. The normalized spacial score (nSPS) is 12.2. The van der Waals surface area contributed by atoms with Crippen molar-refractivity contribution in [2.24, 2.45) is 0 Å². The van der Waals surface area contributed by atoms with E-state index in [-0.39, 0.29) is 41.1 Å². The molecule has 0 unspecified atom stereocenters. The number of sulfonamides is 1. The summed E-state index contributed by atoms with van der Waals surface area (Å²) in [6, 6.07) is 10.4. The average Bonchev–Trinajstić information content (AvgIpc) is 3.34. The van der Waals surface area contributed by atoms with E-state index in [1.54, 1.807) is 13.8 Å². The summed E-state index contributed by atoms with van der Waals surface area (Å²) in [5.41, 5.74) is -0.420. The Labute approximate surface area is 228 Å². The van der Waals surface area contributed by atoms with Gasteiger partial charge >= 0.3 is 6.18 Å². The second kappa shape index (κ2) is 11.6. The number of rotatable bonds is 10.